The summed E-state index contributed by atoms with van der Waals surface area (Å²) < 4.78 is 0. The molecular weight excluding hydrogens is 150 g/mol. The number of benzene rings is 1. The summed E-state index contributed by atoms with van der Waals surface area (Å²) in [6.45, 7) is 8.71. The zero-order valence-corrected chi connectivity index (χ0v) is 6.99. The van der Waals surface area contributed by atoms with Crippen LogP contribution in [0.1, 0.15) is 17.2 Å². The highest BCUT2D eigenvalue weighted by Crippen LogP contribution is 2.14. The molecule has 0 heterocycles. The van der Waals surface area contributed by atoms with Crippen molar-refractivity contribution in [3.8, 4) is 0 Å². The van der Waals surface area contributed by atoms with E-state index in [1.54, 1.807) is 0 Å². The average molecular weight is 161 g/mol. The van der Waals surface area contributed by atoms with Crippen molar-refractivity contribution in [3.05, 3.63) is 46.8 Å². The zero-order chi connectivity index (χ0) is 8.97. The molecule has 0 aliphatic heterocycles. The maximum absolute atomic E-state index is 9.43. The summed E-state index contributed by atoms with van der Waals surface area (Å²) in [7, 11) is 0. The molecule has 2 nitrogen and oxygen atoms in total. The van der Waals surface area contributed by atoms with Crippen molar-refractivity contribution in [2.75, 3.05) is 6.54 Å². The Morgan fingerprint density at radius 1 is 1.58 bits per heavy atom. The standard InChI is InChI=1S/C10H11NO/c1-8-4-3-5-9(6-8)10(12)7-11-2/h3-6,10,12H,7H2,1H3. The van der Waals surface area contributed by atoms with E-state index in [1.165, 1.54) is 0 Å². The van der Waals surface area contributed by atoms with Gasteiger partial charge in [-0.3, -0.25) is 0 Å². The SMILES string of the molecule is [C-]#[N+]CC(O)c1cccc(C)c1. The summed E-state index contributed by atoms with van der Waals surface area (Å²) in [6, 6.07) is 7.59. The van der Waals surface area contributed by atoms with Gasteiger partial charge in [-0.15, -0.1) is 0 Å². The number of nitrogens with zero attached hydrogens (tertiary/aromatic N) is 1. The normalized spacial score (nSPS) is 12.1. The molecule has 1 N–H and O–H groups in total. The van der Waals surface area contributed by atoms with Gasteiger partial charge in [-0.05, 0) is 12.5 Å². The van der Waals surface area contributed by atoms with Gasteiger partial charge in [-0.2, -0.15) is 0 Å². The van der Waals surface area contributed by atoms with E-state index in [0.29, 0.717) is 0 Å². The first kappa shape index (κ1) is 8.76. The quantitative estimate of drug-likeness (QED) is 0.659. The lowest BCUT2D eigenvalue weighted by molar-refractivity contribution is 0.195. The highest BCUT2D eigenvalue weighted by Gasteiger charge is 2.08. The van der Waals surface area contributed by atoms with Crippen LogP contribution in [0.2, 0.25) is 0 Å². The highest BCUT2D eigenvalue weighted by molar-refractivity contribution is 5.24. The molecule has 1 unspecified atom stereocenters. The maximum Gasteiger partial charge on any atom is 0.244 e. The first-order valence-electron chi connectivity index (χ1n) is 3.82. The minimum atomic E-state index is -0.637. The van der Waals surface area contributed by atoms with Crippen LogP contribution >= 0.6 is 0 Å². The molecule has 0 saturated heterocycles. The van der Waals surface area contributed by atoms with Crippen LogP contribution in [0, 0.1) is 13.5 Å². The predicted molar refractivity (Wildman–Crippen MR) is 47.6 cm³/mol. The van der Waals surface area contributed by atoms with Gasteiger partial charge in [0, 0.05) is 0 Å². The van der Waals surface area contributed by atoms with Crippen LogP contribution in [0.5, 0.6) is 0 Å². The van der Waals surface area contributed by atoms with Crippen LogP contribution in [0.15, 0.2) is 24.3 Å². The lowest BCUT2D eigenvalue weighted by Crippen LogP contribution is -1.99. The summed E-state index contributed by atoms with van der Waals surface area (Å²) in [5.41, 5.74) is 1.93. The van der Waals surface area contributed by atoms with Crippen molar-refractivity contribution in [2.45, 2.75) is 13.0 Å². The fourth-order valence-corrected chi connectivity index (χ4v) is 1.07. The van der Waals surface area contributed by atoms with Gasteiger partial charge in [0.15, 0.2) is 6.10 Å². The van der Waals surface area contributed by atoms with E-state index in [9.17, 15) is 5.11 Å². The summed E-state index contributed by atoms with van der Waals surface area (Å²) in [5, 5.41) is 9.43. The van der Waals surface area contributed by atoms with Gasteiger partial charge in [0.1, 0.15) is 0 Å². The lowest BCUT2D eigenvalue weighted by Gasteiger charge is -2.04. The number of aliphatic hydroxyl groups is 1. The molecule has 0 aromatic heterocycles. The number of hydrogen-bond acceptors (Lipinski definition) is 1. The van der Waals surface area contributed by atoms with Crippen molar-refractivity contribution in [3.63, 3.8) is 0 Å². The summed E-state index contributed by atoms with van der Waals surface area (Å²) in [6.07, 6.45) is -0.637. The van der Waals surface area contributed by atoms with Crippen molar-refractivity contribution in [1.29, 1.82) is 0 Å². The molecule has 0 bridgehead atoms. The summed E-state index contributed by atoms with van der Waals surface area (Å²) >= 11 is 0. The predicted octanol–water partition coefficient (Wildman–Crippen LogP) is 1.95. The molecule has 1 aromatic rings. The highest BCUT2D eigenvalue weighted by atomic mass is 16.3. The molecule has 0 aliphatic carbocycles. The second-order valence-corrected chi connectivity index (χ2v) is 2.77. The average Bonchev–Trinajstić information content (AvgIpc) is 2.05. The Morgan fingerprint density at radius 2 is 2.33 bits per heavy atom. The van der Waals surface area contributed by atoms with Crippen LogP contribution in [-0.2, 0) is 0 Å². The Bertz CT molecular complexity index is 301. The fraction of sp³-hybridized carbons (Fsp3) is 0.300. The first-order valence-corrected chi connectivity index (χ1v) is 3.82. The number of hydrogen-bond donors (Lipinski definition) is 1. The third-order valence-corrected chi connectivity index (χ3v) is 1.69. The molecule has 0 aliphatic rings. The molecular formula is C10H11NO. The smallest absolute Gasteiger partial charge is 0.244 e. The monoisotopic (exact) mass is 161 g/mol. The molecule has 0 fully saturated rings. The molecule has 0 radical (unpaired) electrons. The van der Waals surface area contributed by atoms with E-state index in [0.717, 1.165) is 11.1 Å². The Balaban J connectivity index is 2.82. The fourth-order valence-electron chi connectivity index (χ4n) is 1.07. The van der Waals surface area contributed by atoms with E-state index in [4.69, 9.17) is 6.57 Å². The number of aliphatic hydroxyl groups excluding tert-OH is 1. The van der Waals surface area contributed by atoms with E-state index < -0.39 is 6.10 Å². The molecule has 1 aromatic carbocycles. The van der Waals surface area contributed by atoms with Crippen LogP contribution in [0.25, 0.3) is 4.85 Å². The molecule has 0 amide bonds. The summed E-state index contributed by atoms with van der Waals surface area (Å²) in [4.78, 5) is 3.14. The number of aryl methyl sites for hydroxylation is 1. The van der Waals surface area contributed by atoms with Crippen LogP contribution < -0.4 is 0 Å². The van der Waals surface area contributed by atoms with Crippen molar-refractivity contribution >= 4 is 0 Å². The molecule has 12 heavy (non-hydrogen) atoms. The van der Waals surface area contributed by atoms with Crippen molar-refractivity contribution < 1.29 is 5.11 Å². The van der Waals surface area contributed by atoms with Gasteiger partial charge in [0.05, 0.1) is 0 Å². The van der Waals surface area contributed by atoms with Crippen molar-refractivity contribution in [1.82, 2.24) is 0 Å². The minimum absolute atomic E-state index is 0.142. The van der Waals surface area contributed by atoms with E-state index in [2.05, 4.69) is 4.85 Å². The zero-order valence-electron chi connectivity index (χ0n) is 6.99. The van der Waals surface area contributed by atoms with Crippen LogP contribution in [0.4, 0.5) is 0 Å². The Kier molecular flexibility index (Phi) is 2.84. The van der Waals surface area contributed by atoms with Gasteiger partial charge in [0.25, 0.3) is 0 Å². The Hall–Kier alpha value is -1.33. The minimum Gasteiger partial charge on any atom is -0.381 e. The maximum atomic E-state index is 9.43. The topological polar surface area (TPSA) is 24.6 Å². The molecule has 0 spiro atoms. The van der Waals surface area contributed by atoms with Crippen molar-refractivity contribution in [2.24, 2.45) is 0 Å². The lowest BCUT2D eigenvalue weighted by atomic mass is 10.1. The number of rotatable bonds is 2. The van der Waals surface area contributed by atoms with E-state index in [-0.39, 0.29) is 6.54 Å². The van der Waals surface area contributed by atoms with Gasteiger partial charge < -0.3 is 9.95 Å². The third kappa shape index (κ3) is 2.08. The second-order valence-electron chi connectivity index (χ2n) is 2.77. The first-order chi connectivity index (χ1) is 5.74. The van der Waals surface area contributed by atoms with Crippen LogP contribution in [0.3, 0.4) is 0 Å². The van der Waals surface area contributed by atoms with E-state index in [1.807, 2.05) is 31.2 Å². The summed E-state index contributed by atoms with van der Waals surface area (Å²) in [5.74, 6) is 0. The third-order valence-electron chi connectivity index (χ3n) is 1.69. The van der Waals surface area contributed by atoms with Gasteiger partial charge >= 0.3 is 0 Å². The molecule has 1 atom stereocenters. The second kappa shape index (κ2) is 3.89. The van der Waals surface area contributed by atoms with Gasteiger partial charge in [-0.25, -0.2) is 6.57 Å². The largest absolute Gasteiger partial charge is 0.381 e. The Morgan fingerprint density at radius 3 is 2.92 bits per heavy atom. The van der Waals surface area contributed by atoms with E-state index >= 15 is 0 Å². The molecule has 62 valence electrons. The van der Waals surface area contributed by atoms with Crippen LogP contribution in [-0.4, -0.2) is 11.7 Å². The Labute approximate surface area is 72.3 Å². The van der Waals surface area contributed by atoms with Gasteiger partial charge in [-0.1, -0.05) is 29.8 Å². The van der Waals surface area contributed by atoms with Gasteiger partial charge in [0.2, 0.25) is 6.54 Å². The molecule has 2 heteroatoms. The molecule has 0 saturated carbocycles. The molecule has 1 rings (SSSR count).